The van der Waals surface area contributed by atoms with Gasteiger partial charge in [0.15, 0.2) is 0 Å². The van der Waals surface area contributed by atoms with Gasteiger partial charge in [0.25, 0.3) is 0 Å². The van der Waals surface area contributed by atoms with Crippen molar-refractivity contribution in [3.63, 3.8) is 0 Å². The molecule has 0 aromatic rings. The maximum atomic E-state index is 12.4. The summed E-state index contributed by atoms with van der Waals surface area (Å²) in [5, 5.41) is 2.65. The SMILES string of the molecule is CNS(=O)(=O)[C@@H]1CCCN(C(=O)N[C@@H]2C[C@H]2C2CCCCC2)C1. The van der Waals surface area contributed by atoms with E-state index in [1.807, 2.05) is 0 Å². The number of sulfonamides is 1. The van der Waals surface area contributed by atoms with Gasteiger partial charge >= 0.3 is 6.03 Å². The van der Waals surface area contributed by atoms with E-state index in [0.29, 0.717) is 31.5 Å². The lowest BCUT2D eigenvalue weighted by Crippen LogP contribution is -2.51. The molecule has 0 radical (unpaired) electrons. The molecule has 7 heteroatoms. The summed E-state index contributed by atoms with van der Waals surface area (Å²) in [6.45, 7) is 0.957. The van der Waals surface area contributed by atoms with Gasteiger partial charge in [0.05, 0.1) is 5.25 Å². The monoisotopic (exact) mass is 343 g/mol. The van der Waals surface area contributed by atoms with E-state index in [1.165, 1.54) is 39.2 Å². The Labute approximate surface area is 139 Å². The van der Waals surface area contributed by atoms with Crippen LogP contribution in [0.15, 0.2) is 0 Å². The fourth-order valence-electron chi connectivity index (χ4n) is 4.26. The molecule has 0 aromatic heterocycles. The molecule has 23 heavy (non-hydrogen) atoms. The number of rotatable bonds is 4. The largest absolute Gasteiger partial charge is 0.335 e. The third-order valence-corrected chi connectivity index (χ3v) is 7.62. The lowest BCUT2D eigenvalue weighted by atomic mass is 9.85. The molecule has 3 atom stereocenters. The highest BCUT2D eigenvalue weighted by Gasteiger charge is 2.44. The third kappa shape index (κ3) is 3.99. The number of nitrogens with one attached hydrogen (secondary N) is 2. The Kier molecular flexibility index (Phi) is 5.16. The molecule has 3 fully saturated rings. The molecule has 2 saturated carbocycles. The number of amides is 2. The lowest BCUT2D eigenvalue weighted by molar-refractivity contribution is 0.185. The van der Waals surface area contributed by atoms with Crippen LogP contribution in [0.5, 0.6) is 0 Å². The number of nitrogens with zero attached hydrogens (tertiary/aromatic N) is 1. The molecule has 0 unspecified atom stereocenters. The zero-order chi connectivity index (χ0) is 16.4. The Hall–Kier alpha value is -0.820. The van der Waals surface area contributed by atoms with Crippen molar-refractivity contribution in [3.8, 4) is 0 Å². The molecular formula is C16H29N3O3S. The van der Waals surface area contributed by atoms with Crippen molar-refractivity contribution in [2.75, 3.05) is 20.1 Å². The van der Waals surface area contributed by atoms with Gasteiger partial charge in [-0.05, 0) is 38.1 Å². The van der Waals surface area contributed by atoms with Gasteiger partial charge in [-0.2, -0.15) is 0 Å². The molecule has 132 valence electrons. The van der Waals surface area contributed by atoms with Gasteiger partial charge in [-0.15, -0.1) is 0 Å². The molecule has 3 aliphatic rings. The normalized spacial score (nSPS) is 32.6. The zero-order valence-electron chi connectivity index (χ0n) is 14.0. The second-order valence-corrected chi connectivity index (χ2v) is 9.48. The van der Waals surface area contributed by atoms with E-state index in [9.17, 15) is 13.2 Å². The molecule has 1 aliphatic heterocycles. The molecule has 0 spiro atoms. The zero-order valence-corrected chi connectivity index (χ0v) is 14.8. The van der Waals surface area contributed by atoms with Crippen molar-refractivity contribution < 1.29 is 13.2 Å². The van der Waals surface area contributed by atoms with Crippen LogP contribution in [0.25, 0.3) is 0 Å². The van der Waals surface area contributed by atoms with Crippen LogP contribution in [-0.4, -0.2) is 50.8 Å². The summed E-state index contributed by atoms with van der Waals surface area (Å²) in [6.07, 6.45) is 9.11. The lowest BCUT2D eigenvalue weighted by Gasteiger charge is -2.32. The molecule has 0 bridgehead atoms. The molecular weight excluding hydrogens is 314 g/mol. The van der Waals surface area contributed by atoms with Crippen LogP contribution >= 0.6 is 0 Å². The second-order valence-electron chi connectivity index (χ2n) is 7.31. The van der Waals surface area contributed by atoms with Crippen molar-refractivity contribution in [1.82, 2.24) is 14.9 Å². The minimum Gasteiger partial charge on any atom is -0.335 e. The molecule has 2 N–H and O–H groups in total. The molecule has 1 heterocycles. The average Bonchev–Trinajstić information content (AvgIpc) is 3.35. The maximum Gasteiger partial charge on any atom is 0.317 e. The highest BCUT2D eigenvalue weighted by molar-refractivity contribution is 7.90. The number of urea groups is 1. The van der Waals surface area contributed by atoms with Crippen molar-refractivity contribution in [1.29, 1.82) is 0 Å². The molecule has 2 amide bonds. The molecule has 6 nitrogen and oxygen atoms in total. The number of carbonyl (C=O) groups is 1. The van der Waals surface area contributed by atoms with Crippen LogP contribution in [0.1, 0.15) is 51.4 Å². The van der Waals surface area contributed by atoms with Crippen LogP contribution < -0.4 is 10.0 Å². The molecule has 1 saturated heterocycles. The van der Waals surface area contributed by atoms with E-state index in [0.717, 1.165) is 18.8 Å². The van der Waals surface area contributed by atoms with E-state index in [4.69, 9.17) is 0 Å². The van der Waals surface area contributed by atoms with Crippen LogP contribution in [-0.2, 0) is 10.0 Å². The first-order valence-corrected chi connectivity index (χ1v) is 10.5. The summed E-state index contributed by atoms with van der Waals surface area (Å²) in [6, 6.07) is 0.233. The smallest absolute Gasteiger partial charge is 0.317 e. The number of hydrogen-bond acceptors (Lipinski definition) is 3. The van der Waals surface area contributed by atoms with Crippen molar-refractivity contribution >= 4 is 16.1 Å². The van der Waals surface area contributed by atoms with Crippen LogP contribution in [0.4, 0.5) is 4.79 Å². The summed E-state index contributed by atoms with van der Waals surface area (Å²) in [4.78, 5) is 14.1. The summed E-state index contributed by atoms with van der Waals surface area (Å²) in [5.41, 5.74) is 0. The minimum atomic E-state index is -3.30. The van der Waals surface area contributed by atoms with Crippen molar-refractivity contribution in [3.05, 3.63) is 0 Å². The quantitative estimate of drug-likeness (QED) is 0.815. The second kappa shape index (κ2) is 6.97. The number of piperidine rings is 1. The summed E-state index contributed by atoms with van der Waals surface area (Å²) in [5.74, 6) is 1.44. The van der Waals surface area contributed by atoms with Crippen molar-refractivity contribution in [2.24, 2.45) is 11.8 Å². The van der Waals surface area contributed by atoms with E-state index in [2.05, 4.69) is 10.0 Å². The minimum absolute atomic E-state index is 0.0793. The fourth-order valence-corrected chi connectivity index (χ4v) is 5.44. The first-order valence-electron chi connectivity index (χ1n) is 8.99. The van der Waals surface area contributed by atoms with Gasteiger partial charge in [0.1, 0.15) is 0 Å². The Balaban J connectivity index is 1.49. The van der Waals surface area contributed by atoms with E-state index < -0.39 is 15.3 Å². The number of carbonyl (C=O) groups excluding carboxylic acids is 1. The van der Waals surface area contributed by atoms with Crippen molar-refractivity contribution in [2.45, 2.75) is 62.7 Å². The van der Waals surface area contributed by atoms with Crippen LogP contribution in [0.2, 0.25) is 0 Å². The Morgan fingerprint density at radius 1 is 1.09 bits per heavy atom. The standard InChI is InChI=1S/C16H29N3O3S/c1-17-23(21,22)13-8-5-9-19(11-13)16(20)18-15-10-14(15)12-6-3-2-4-7-12/h12-15,17H,2-11H2,1H3,(H,18,20)/t13-,14+,15-/m1/s1. The van der Waals surface area contributed by atoms with E-state index in [1.54, 1.807) is 4.90 Å². The van der Waals surface area contributed by atoms with Gasteiger partial charge in [0, 0.05) is 19.1 Å². The first-order chi connectivity index (χ1) is 11.0. The Morgan fingerprint density at radius 2 is 1.83 bits per heavy atom. The van der Waals surface area contributed by atoms with Gasteiger partial charge < -0.3 is 10.2 Å². The number of hydrogen-bond donors (Lipinski definition) is 2. The maximum absolute atomic E-state index is 12.4. The van der Waals surface area contributed by atoms with Gasteiger partial charge in [0.2, 0.25) is 10.0 Å². The molecule has 2 aliphatic carbocycles. The third-order valence-electron chi connectivity index (χ3n) is 5.79. The highest BCUT2D eigenvalue weighted by atomic mass is 32.2. The van der Waals surface area contributed by atoms with Gasteiger partial charge in [-0.1, -0.05) is 32.1 Å². The molecule has 0 aromatic carbocycles. The predicted octanol–water partition coefficient (Wildman–Crippen LogP) is 1.68. The average molecular weight is 343 g/mol. The van der Waals surface area contributed by atoms with Crippen LogP contribution in [0.3, 0.4) is 0 Å². The summed E-state index contributed by atoms with van der Waals surface area (Å²) < 4.78 is 26.3. The van der Waals surface area contributed by atoms with E-state index in [-0.39, 0.29) is 6.03 Å². The van der Waals surface area contributed by atoms with Crippen LogP contribution in [0, 0.1) is 11.8 Å². The number of likely N-dealkylation sites (tertiary alicyclic amines) is 1. The fraction of sp³-hybridized carbons (Fsp3) is 0.938. The van der Waals surface area contributed by atoms with Gasteiger partial charge in [-0.3, -0.25) is 0 Å². The van der Waals surface area contributed by atoms with E-state index >= 15 is 0 Å². The topological polar surface area (TPSA) is 78.5 Å². The highest BCUT2D eigenvalue weighted by Crippen LogP contribution is 2.44. The summed E-state index contributed by atoms with van der Waals surface area (Å²) >= 11 is 0. The molecule has 3 rings (SSSR count). The predicted molar refractivity (Wildman–Crippen MR) is 89.6 cm³/mol. The Morgan fingerprint density at radius 3 is 2.52 bits per heavy atom. The first kappa shape index (κ1) is 17.0. The Bertz CT molecular complexity index is 531. The van der Waals surface area contributed by atoms with Gasteiger partial charge in [-0.25, -0.2) is 17.9 Å². The summed E-state index contributed by atoms with van der Waals surface area (Å²) in [7, 11) is -1.86.